The minimum Gasteiger partial charge on any atom is -0.487 e. The number of carbonyl (C=O) groups is 1. The molecule has 8 nitrogen and oxygen atoms in total. The highest BCUT2D eigenvalue weighted by molar-refractivity contribution is 5.99. The molecule has 0 fully saturated rings. The number of nitrogens with zero attached hydrogens (tertiary/aromatic N) is 1. The summed E-state index contributed by atoms with van der Waals surface area (Å²) in [5.41, 5.74) is 7.29. The summed E-state index contributed by atoms with van der Waals surface area (Å²) in [6.07, 6.45) is 0.738. The summed E-state index contributed by atoms with van der Waals surface area (Å²) in [4.78, 5) is 13.4. The molecule has 208 valence electrons. The Hall–Kier alpha value is -4.47. The van der Waals surface area contributed by atoms with Crippen molar-refractivity contribution in [2.45, 2.75) is 52.1 Å². The molecule has 0 aliphatic carbocycles. The van der Waals surface area contributed by atoms with Crippen LogP contribution in [-0.2, 0) is 6.42 Å². The van der Waals surface area contributed by atoms with Gasteiger partial charge in [0.15, 0.2) is 11.5 Å². The molecule has 0 saturated heterocycles. The Labute approximate surface area is 230 Å². The largest absolute Gasteiger partial charge is 0.487 e. The summed E-state index contributed by atoms with van der Waals surface area (Å²) < 4.78 is 49.0. The van der Waals surface area contributed by atoms with Gasteiger partial charge in [-0.1, -0.05) is 30.3 Å². The van der Waals surface area contributed by atoms with Gasteiger partial charge >= 0.3 is 12.6 Å². The first kappa shape index (κ1) is 25.8. The summed E-state index contributed by atoms with van der Waals surface area (Å²) in [5, 5.41) is 4.39. The van der Waals surface area contributed by atoms with E-state index in [1.807, 2.05) is 56.3 Å². The van der Waals surface area contributed by atoms with Gasteiger partial charge in [-0.05, 0) is 55.3 Å². The number of alkyl halides is 2. The maximum Gasteiger partial charge on any atom is 0.387 e. The molecule has 3 aromatic carbocycles. The first-order chi connectivity index (χ1) is 19.0. The fraction of sp³-hybridized carbons (Fsp3) is 0.300. The Bertz CT molecular complexity index is 1520. The van der Waals surface area contributed by atoms with Crippen LogP contribution < -0.4 is 29.7 Å². The molecule has 0 radical (unpaired) electrons. The molecule has 2 N–H and O–H groups in total. The fourth-order valence-electron chi connectivity index (χ4n) is 5.20. The summed E-state index contributed by atoms with van der Waals surface area (Å²) in [5.74, 6) is 0.0161. The lowest BCUT2D eigenvalue weighted by molar-refractivity contribution is -0.0617. The first-order valence-electron chi connectivity index (χ1n) is 12.9. The zero-order valence-corrected chi connectivity index (χ0v) is 22.5. The summed E-state index contributed by atoms with van der Waals surface area (Å²) in [6.45, 7) is 4.50. The molecule has 0 atom stereocenters. The van der Waals surface area contributed by atoms with Gasteiger partial charge in [0.1, 0.15) is 11.4 Å². The van der Waals surface area contributed by atoms with Gasteiger partial charge in [-0.15, -0.1) is 0 Å². The van der Waals surface area contributed by atoms with Crippen molar-refractivity contribution in [2.75, 3.05) is 11.9 Å². The van der Waals surface area contributed by atoms with Crippen LogP contribution in [0.25, 0.3) is 11.3 Å². The highest BCUT2D eigenvalue weighted by atomic mass is 19.3. The smallest absolute Gasteiger partial charge is 0.387 e. The quantitative estimate of drug-likeness (QED) is 0.382. The molecule has 0 unspecified atom stereocenters. The van der Waals surface area contributed by atoms with E-state index >= 15 is 0 Å². The van der Waals surface area contributed by atoms with Crippen molar-refractivity contribution < 1.29 is 32.5 Å². The predicted molar refractivity (Wildman–Crippen MR) is 145 cm³/mol. The van der Waals surface area contributed by atoms with Crippen LogP contribution in [-0.4, -0.2) is 35.6 Å². The highest BCUT2D eigenvalue weighted by Gasteiger charge is 2.37. The van der Waals surface area contributed by atoms with Crippen LogP contribution in [0.2, 0.25) is 0 Å². The molecular formula is C30H29F2N3O5. The summed E-state index contributed by atoms with van der Waals surface area (Å²) in [7, 11) is 0. The number of rotatable bonds is 5. The van der Waals surface area contributed by atoms with Crippen LogP contribution in [0.3, 0.4) is 0 Å². The molecule has 0 bridgehead atoms. The van der Waals surface area contributed by atoms with E-state index in [0.717, 1.165) is 23.3 Å². The Morgan fingerprint density at radius 3 is 2.50 bits per heavy atom. The summed E-state index contributed by atoms with van der Waals surface area (Å²) >= 11 is 0. The molecule has 0 aromatic heterocycles. The lowest BCUT2D eigenvalue weighted by Gasteiger charge is -2.19. The molecule has 3 heterocycles. The number of fused-ring (bicyclic) bond motifs is 2. The fourth-order valence-corrected chi connectivity index (χ4v) is 5.20. The van der Waals surface area contributed by atoms with E-state index in [-0.39, 0.29) is 35.4 Å². The maximum atomic E-state index is 13.4. The van der Waals surface area contributed by atoms with E-state index in [1.165, 1.54) is 11.1 Å². The third kappa shape index (κ3) is 4.97. The zero-order valence-electron chi connectivity index (χ0n) is 22.5. The molecule has 10 heteroatoms. The average molecular weight is 550 g/mol. The standard InChI is InChI=1S/C30H29F2N3O5/c1-29(2)15-19-12-20(10-11-22(19)38-29)33-28(36)35-16-21(25(34-35)17-8-6-5-7-9-17)18-13-23(37-27(31)32)26-24(14-18)39-30(3,4)40-26/h5-14,27,34H,15-16H2,1-4H3,(H,33,36). The lowest BCUT2D eigenvalue weighted by Crippen LogP contribution is -2.40. The monoisotopic (exact) mass is 549 g/mol. The number of hydrogen-bond acceptors (Lipinski definition) is 6. The normalized spacial score (nSPS) is 17.9. The number of hydrazine groups is 1. The number of amides is 2. The van der Waals surface area contributed by atoms with Gasteiger partial charge < -0.3 is 24.3 Å². The molecule has 3 aromatic rings. The molecule has 0 spiro atoms. The molecular weight excluding hydrogens is 520 g/mol. The van der Waals surface area contributed by atoms with Crippen LogP contribution in [0, 0.1) is 0 Å². The Morgan fingerprint density at radius 1 is 0.975 bits per heavy atom. The molecule has 40 heavy (non-hydrogen) atoms. The number of benzene rings is 3. The molecule has 2 amide bonds. The number of halogens is 2. The van der Waals surface area contributed by atoms with E-state index in [2.05, 4.69) is 10.7 Å². The van der Waals surface area contributed by atoms with Crippen LogP contribution in [0.5, 0.6) is 23.0 Å². The number of anilines is 1. The van der Waals surface area contributed by atoms with E-state index in [1.54, 1.807) is 26.0 Å². The van der Waals surface area contributed by atoms with Crippen molar-refractivity contribution in [1.82, 2.24) is 10.4 Å². The second-order valence-corrected chi connectivity index (χ2v) is 11.0. The van der Waals surface area contributed by atoms with Crippen LogP contribution in [0.1, 0.15) is 44.4 Å². The SMILES string of the molecule is CC1(C)Cc2cc(NC(=O)N3CC(c4cc(OC(F)F)c5c(c4)OC(C)(C)O5)=C(c4ccccc4)N3)ccc2O1. The molecule has 6 rings (SSSR count). The van der Waals surface area contributed by atoms with Crippen LogP contribution in [0.15, 0.2) is 60.7 Å². The van der Waals surface area contributed by atoms with Crippen LogP contribution in [0.4, 0.5) is 19.3 Å². The Balaban J connectivity index is 1.32. The molecule has 3 aliphatic heterocycles. The van der Waals surface area contributed by atoms with Crippen molar-refractivity contribution in [1.29, 1.82) is 0 Å². The van der Waals surface area contributed by atoms with E-state index in [9.17, 15) is 13.6 Å². The van der Waals surface area contributed by atoms with Gasteiger partial charge in [-0.25, -0.2) is 9.80 Å². The van der Waals surface area contributed by atoms with Gasteiger partial charge in [0.05, 0.1) is 12.2 Å². The molecule has 3 aliphatic rings. The summed E-state index contributed by atoms with van der Waals surface area (Å²) in [6, 6.07) is 17.8. The Kier molecular flexibility index (Phi) is 6.01. The van der Waals surface area contributed by atoms with Gasteiger partial charge in [0.2, 0.25) is 11.5 Å². The van der Waals surface area contributed by atoms with E-state index in [0.29, 0.717) is 22.5 Å². The minimum absolute atomic E-state index is 0.111. The third-order valence-corrected chi connectivity index (χ3v) is 6.78. The number of nitrogens with one attached hydrogen (secondary N) is 2. The van der Waals surface area contributed by atoms with Crippen molar-refractivity contribution >= 4 is 23.0 Å². The highest BCUT2D eigenvalue weighted by Crippen LogP contribution is 2.49. The van der Waals surface area contributed by atoms with Crippen molar-refractivity contribution in [3.8, 4) is 23.0 Å². The first-order valence-corrected chi connectivity index (χ1v) is 12.9. The van der Waals surface area contributed by atoms with Gasteiger partial charge in [-0.2, -0.15) is 8.78 Å². The predicted octanol–water partition coefficient (Wildman–Crippen LogP) is 6.43. The average Bonchev–Trinajstić information content (AvgIpc) is 3.55. The maximum absolute atomic E-state index is 13.4. The lowest BCUT2D eigenvalue weighted by atomic mass is 10.00. The van der Waals surface area contributed by atoms with E-state index < -0.39 is 12.4 Å². The van der Waals surface area contributed by atoms with Crippen LogP contribution >= 0.6 is 0 Å². The number of hydrogen-bond donors (Lipinski definition) is 2. The minimum atomic E-state index is -3.05. The van der Waals surface area contributed by atoms with Gasteiger partial charge in [0, 0.05) is 37.1 Å². The van der Waals surface area contributed by atoms with Gasteiger partial charge in [-0.3, -0.25) is 5.43 Å². The number of urea groups is 1. The topological polar surface area (TPSA) is 81.3 Å². The van der Waals surface area contributed by atoms with E-state index in [4.69, 9.17) is 18.9 Å². The van der Waals surface area contributed by atoms with Crippen molar-refractivity contribution in [2.24, 2.45) is 0 Å². The molecule has 0 saturated carbocycles. The van der Waals surface area contributed by atoms with Crippen molar-refractivity contribution in [3.05, 3.63) is 77.4 Å². The second-order valence-electron chi connectivity index (χ2n) is 11.0. The number of carbonyl (C=O) groups excluding carboxylic acids is 1. The number of ether oxygens (including phenoxy) is 4. The second kappa shape index (κ2) is 9.32. The zero-order chi connectivity index (χ0) is 28.2. The van der Waals surface area contributed by atoms with Gasteiger partial charge in [0.25, 0.3) is 0 Å². The third-order valence-electron chi connectivity index (χ3n) is 6.78. The Morgan fingerprint density at radius 2 is 1.75 bits per heavy atom. The van der Waals surface area contributed by atoms with Crippen molar-refractivity contribution in [3.63, 3.8) is 0 Å².